The Bertz CT molecular complexity index is 657. The van der Waals surface area contributed by atoms with Gasteiger partial charge in [-0.3, -0.25) is 9.59 Å². The molecule has 1 aromatic carbocycles. The molecule has 5 nitrogen and oxygen atoms in total. The number of benzene rings is 1. The van der Waals surface area contributed by atoms with Crippen LogP contribution in [0, 0.1) is 17.2 Å². The fourth-order valence-corrected chi connectivity index (χ4v) is 3.49. The van der Waals surface area contributed by atoms with Gasteiger partial charge in [0, 0.05) is 32.0 Å². The van der Waals surface area contributed by atoms with E-state index in [9.17, 15) is 19.1 Å². The lowest BCUT2D eigenvalue weighted by atomic mass is 9.74. The summed E-state index contributed by atoms with van der Waals surface area (Å²) in [6.45, 7) is 1.49. The Hall–Kier alpha value is -2.21. The smallest absolute Gasteiger partial charge is 0.311 e. The molecule has 2 atom stereocenters. The standard InChI is InChI=1S/C18H20FNO4/c19-15-6-4-13(5-7-15)2-1-3-16(21)20-10-14-11-24-9-8-18(14,12-20)17(22)23/h1-2,4-7,14H,3,8-12H2,(H,22,23)/b2-1+/t14-,18+/m0/s1. The summed E-state index contributed by atoms with van der Waals surface area (Å²) in [5.74, 6) is -1.38. The largest absolute Gasteiger partial charge is 0.481 e. The molecule has 2 heterocycles. The van der Waals surface area contributed by atoms with Crippen molar-refractivity contribution in [3.63, 3.8) is 0 Å². The molecule has 0 spiro atoms. The van der Waals surface area contributed by atoms with E-state index in [2.05, 4.69) is 0 Å². The summed E-state index contributed by atoms with van der Waals surface area (Å²) in [5.41, 5.74) is -0.0520. The second-order valence-electron chi connectivity index (χ2n) is 6.42. The number of hydrogen-bond acceptors (Lipinski definition) is 3. The van der Waals surface area contributed by atoms with Crippen molar-refractivity contribution < 1.29 is 23.8 Å². The number of carboxylic acid groups (broad SMARTS) is 1. The quantitative estimate of drug-likeness (QED) is 0.917. The SMILES string of the molecule is O=C(C/C=C/c1ccc(F)cc1)N1C[C@H]2COCC[C@@]2(C(=O)O)C1. The van der Waals surface area contributed by atoms with E-state index in [1.807, 2.05) is 0 Å². The highest BCUT2D eigenvalue weighted by Gasteiger charge is 2.54. The van der Waals surface area contributed by atoms with Crippen LogP contribution in [0.4, 0.5) is 4.39 Å². The van der Waals surface area contributed by atoms with Gasteiger partial charge in [0.2, 0.25) is 5.91 Å². The first-order valence-corrected chi connectivity index (χ1v) is 8.02. The molecule has 128 valence electrons. The van der Waals surface area contributed by atoms with Crippen molar-refractivity contribution in [2.24, 2.45) is 11.3 Å². The molecule has 1 N–H and O–H groups in total. The molecule has 6 heteroatoms. The summed E-state index contributed by atoms with van der Waals surface area (Å²) in [6.07, 6.45) is 4.13. The van der Waals surface area contributed by atoms with Crippen molar-refractivity contribution in [3.05, 3.63) is 41.7 Å². The fourth-order valence-electron chi connectivity index (χ4n) is 3.49. The lowest BCUT2D eigenvalue weighted by molar-refractivity contribution is -0.157. The molecule has 0 saturated carbocycles. The maximum absolute atomic E-state index is 12.8. The zero-order valence-electron chi connectivity index (χ0n) is 13.3. The minimum Gasteiger partial charge on any atom is -0.481 e. The van der Waals surface area contributed by atoms with E-state index in [0.717, 1.165) is 5.56 Å². The molecule has 0 radical (unpaired) electrons. The van der Waals surface area contributed by atoms with Gasteiger partial charge in [0.25, 0.3) is 0 Å². The third-order valence-corrected chi connectivity index (χ3v) is 4.96. The van der Waals surface area contributed by atoms with E-state index < -0.39 is 11.4 Å². The molecule has 24 heavy (non-hydrogen) atoms. The van der Waals surface area contributed by atoms with E-state index in [1.54, 1.807) is 29.2 Å². The first-order valence-electron chi connectivity index (χ1n) is 8.02. The molecular weight excluding hydrogens is 313 g/mol. The number of carboxylic acids is 1. The normalized spacial score (nSPS) is 26.5. The van der Waals surface area contributed by atoms with Crippen molar-refractivity contribution in [2.75, 3.05) is 26.3 Å². The van der Waals surface area contributed by atoms with Crippen LogP contribution in [0.2, 0.25) is 0 Å². The van der Waals surface area contributed by atoms with Crippen LogP contribution in [0.3, 0.4) is 0 Å². The first kappa shape index (κ1) is 16.6. The Morgan fingerprint density at radius 3 is 2.79 bits per heavy atom. The van der Waals surface area contributed by atoms with Gasteiger partial charge in [-0.05, 0) is 24.1 Å². The number of rotatable bonds is 4. The van der Waals surface area contributed by atoms with Gasteiger partial charge in [-0.15, -0.1) is 0 Å². The number of carbonyl (C=O) groups excluding carboxylic acids is 1. The number of ether oxygens (including phenoxy) is 1. The fraction of sp³-hybridized carbons (Fsp3) is 0.444. The first-order chi connectivity index (χ1) is 11.5. The van der Waals surface area contributed by atoms with Gasteiger partial charge in [0.1, 0.15) is 5.82 Å². The van der Waals surface area contributed by atoms with Crippen LogP contribution >= 0.6 is 0 Å². The zero-order chi connectivity index (χ0) is 17.2. The van der Waals surface area contributed by atoms with Gasteiger partial charge in [-0.2, -0.15) is 0 Å². The van der Waals surface area contributed by atoms with Gasteiger partial charge in [0.15, 0.2) is 0 Å². The lowest BCUT2D eigenvalue weighted by Gasteiger charge is -2.33. The van der Waals surface area contributed by atoms with Gasteiger partial charge in [0.05, 0.1) is 12.0 Å². The average molecular weight is 333 g/mol. The molecule has 2 aliphatic heterocycles. The van der Waals surface area contributed by atoms with Gasteiger partial charge < -0.3 is 14.7 Å². The topological polar surface area (TPSA) is 66.8 Å². The summed E-state index contributed by atoms with van der Waals surface area (Å²) in [5, 5.41) is 9.61. The number of fused-ring (bicyclic) bond motifs is 1. The number of carbonyl (C=O) groups is 2. The Kier molecular flexibility index (Phi) is 4.66. The van der Waals surface area contributed by atoms with Crippen molar-refractivity contribution in [2.45, 2.75) is 12.8 Å². The lowest BCUT2D eigenvalue weighted by Crippen LogP contribution is -2.45. The molecule has 1 amide bonds. The second kappa shape index (κ2) is 6.73. The minimum atomic E-state index is -0.866. The Labute approximate surface area is 139 Å². The van der Waals surface area contributed by atoms with Gasteiger partial charge in [-0.1, -0.05) is 24.3 Å². The van der Waals surface area contributed by atoms with Crippen molar-refractivity contribution in [1.82, 2.24) is 4.90 Å². The highest BCUT2D eigenvalue weighted by Crippen LogP contribution is 2.42. The van der Waals surface area contributed by atoms with E-state index in [1.165, 1.54) is 12.1 Å². The van der Waals surface area contributed by atoms with Crippen LogP contribution in [0.5, 0.6) is 0 Å². The van der Waals surface area contributed by atoms with Crippen LogP contribution in [-0.4, -0.2) is 48.2 Å². The van der Waals surface area contributed by atoms with Gasteiger partial charge in [-0.25, -0.2) is 4.39 Å². The highest BCUT2D eigenvalue weighted by atomic mass is 19.1. The molecule has 0 aliphatic carbocycles. The number of hydrogen-bond donors (Lipinski definition) is 1. The van der Waals surface area contributed by atoms with Crippen LogP contribution in [0.15, 0.2) is 30.3 Å². The number of likely N-dealkylation sites (tertiary alicyclic amines) is 1. The molecule has 1 aromatic rings. The number of halogens is 1. The monoisotopic (exact) mass is 333 g/mol. The van der Waals surface area contributed by atoms with E-state index in [0.29, 0.717) is 26.2 Å². The molecular formula is C18H20FNO4. The minimum absolute atomic E-state index is 0.0941. The van der Waals surface area contributed by atoms with Crippen LogP contribution in [-0.2, 0) is 14.3 Å². The Morgan fingerprint density at radius 2 is 2.12 bits per heavy atom. The number of amides is 1. The van der Waals surface area contributed by atoms with E-state index >= 15 is 0 Å². The Balaban J connectivity index is 1.61. The predicted octanol–water partition coefficient (Wildman–Crippen LogP) is 2.18. The summed E-state index contributed by atoms with van der Waals surface area (Å²) in [7, 11) is 0. The molecule has 2 saturated heterocycles. The predicted molar refractivity (Wildman–Crippen MR) is 85.6 cm³/mol. The maximum Gasteiger partial charge on any atom is 0.311 e. The third kappa shape index (κ3) is 3.19. The van der Waals surface area contributed by atoms with E-state index in [-0.39, 0.29) is 30.6 Å². The van der Waals surface area contributed by atoms with Crippen molar-refractivity contribution in [3.8, 4) is 0 Å². The van der Waals surface area contributed by atoms with Crippen LogP contribution in [0.25, 0.3) is 6.08 Å². The maximum atomic E-state index is 12.8. The summed E-state index contributed by atoms with van der Waals surface area (Å²) in [6, 6.07) is 6.00. The molecule has 0 aromatic heterocycles. The molecule has 0 unspecified atom stereocenters. The van der Waals surface area contributed by atoms with Crippen molar-refractivity contribution >= 4 is 18.0 Å². The van der Waals surface area contributed by atoms with Crippen molar-refractivity contribution in [1.29, 1.82) is 0 Å². The molecule has 2 fully saturated rings. The van der Waals surface area contributed by atoms with E-state index in [4.69, 9.17) is 4.74 Å². The molecule has 2 aliphatic rings. The summed E-state index contributed by atoms with van der Waals surface area (Å²) >= 11 is 0. The average Bonchev–Trinajstić information content (AvgIpc) is 2.98. The summed E-state index contributed by atoms with van der Waals surface area (Å²) in [4.78, 5) is 25.7. The zero-order valence-corrected chi connectivity index (χ0v) is 13.3. The van der Waals surface area contributed by atoms with Gasteiger partial charge >= 0.3 is 5.97 Å². The van der Waals surface area contributed by atoms with Crippen LogP contribution < -0.4 is 0 Å². The highest BCUT2D eigenvalue weighted by molar-refractivity contribution is 5.82. The second-order valence-corrected chi connectivity index (χ2v) is 6.42. The Morgan fingerprint density at radius 1 is 1.38 bits per heavy atom. The number of nitrogens with zero attached hydrogens (tertiary/aromatic N) is 1. The molecule has 3 rings (SSSR count). The molecule has 0 bridgehead atoms. The van der Waals surface area contributed by atoms with Crippen LogP contribution in [0.1, 0.15) is 18.4 Å². The third-order valence-electron chi connectivity index (χ3n) is 4.96. The summed E-state index contributed by atoms with van der Waals surface area (Å²) < 4.78 is 18.2. The number of aliphatic carboxylic acids is 1.